The van der Waals surface area contributed by atoms with Crippen molar-refractivity contribution in [3.05, 3.63) is 63.9 Å². The molecule has 1 N–H and O–H groups in total. The Kier molecular flexibility index (Phi) is 4.93. The maximum Gasteiger partial charge on any atom is 0.262 e. The third kappa shape index (κ3) is 3.87. The van der Waals surface area contributed by atoms with Gasteiger partial charge in [0.25, 0.3) is 5.56 Å². The minimum absolute atomic E-state index is 0.0316. The summed E-state index contributed by atoms with van der Waals surface area (Å²) in [6.07, 6.45) is 1.94. The maximum absolute atomic E-state index is 12.9. The summed E-state index contributed by atoms with van der Waals surface area (Å²) in [6.45, 7) is 1.81. The van der Waals surface area contributed by atoms with Crippen LogP contribution in [-0.4, -0.2) is 20.7 Å². The summed E-state index contributed by atoms with van der Waals surface area (Å²) < 4.78 is 1.75. The first-order chi connectivity index (χ1) is 13.0. The van der Waals surface area contributed by atoms with Gasteiger partial charge in [0.1, 0.15) is 0 Å². The zero-order chi connectivity index (χ0) is 19.0. The van der Waals surface area contributed by atoms with Crippen molar-refractivity contribution in [3.8, 4) is 0 Å². The number of amides is 1. The fraction of sp³-hybridized carbons (Fsp3) is 0.250. The summed E-state index contributed by atoms with van der Waals surface area (Å²) in [5, 5.41) is 4.30. The SMILES string of the molecule is CC(Sc1nc2ccccc2c(=O)n1C1CC1)C(=O)Nc1ccc(Cl)cc1. The minimum Gasteiger partial charge on any atom is -0.325 e. The highest BCUT2D eigenvalue weighted by Gasteiger charge is 2.30. The molecule has 1 fully saturated rings. The number of anilines is 1. The first-order valence-corrected chi connectivity index (χ1v) is 10.0. The Bertz CT molecular complexity index is 1060. The number of carbonyl (C=O) groups is 1. The molecule has 1 atom stereocenters. The van der Waals surface area contributed by atoms with Crippen molar-refractivity contribution in [2.24, 2.45) is 0 Å². The van der Waals surface area contributed by atoms with E-state index in [0.29, 0.717) is 26.8 Å². The Morgan fingerprint density at radius 1 is 1.22 bits per heavy atom. The molecule has 138 valence electrons. The van der Waals surface area contributed by atoms with Crippen LogP contribution in [-0.2, 0) is 4.79 Å². The second-order valence-corrected chi connectivity index (χ2v) is 8.32. The van der Waals surface area contributed by atoms with Crippen LogP contribution in [0.3, 0.4) is 0 Å². The van der Waals surface area contributed by atoms with Crippen LogP contribution in [0.5, 0.6) is 0 Å². The fourth-order valence-electron chi connectivity index (χ4n) is 2.85. The number of benzene rings is 2. The molecule has 1 aliphatic carbocycles. The maximum atomic E-state index is 12.9. The monoisotopic (exact) mass is 399 g/mol. The van der Waals surface area contributed by atoms with Crippen molar-refractivity contribution in [3.63, 3.8) is 0 Å². The van der Waals surface area contributed by atoms with E-state index in [-0.39, 0.29) is 17.5 Å². The molecule has 27 heavy (non-hydrogen) atoms. The molecule has 1 aromatic heterocycles. The van der Waals surface area contributed by atoms with Gasteiger partial charge in [-0.05, 0) is 56.2 Å². The zero-order valence-corrected chi connectivity index (χ0v) is 16.3. The van der Waals surface area contributed by atoms with Gasteiger partial charge in [-0.2, -0.15) is 0 Å². The second-order valence-electron chi connectivity index (χ2n) is 6.57. The zero-order valence-electron chi connectivity index (χ0n) is 14.7. The van der Waals surface area contributed by atoms with Crippen molar-refractivity contribution in [1.82, 2.24) is 9.55 Å². The molecule has 1 aliphatic rings. The molecule has 4 rings (SSSR count). The third-order valence-corrected chi connectivity index (χ3v) is 5.77. The Hall–Kier alpha value is -2.31. The number of para-hydroxylation sites is 1. The number of fused-ring (bicyclic) bond motifs is 1. The van der Waals surface area contributed by atoms with Crippen molar-refractivity contribution in [2.75, 3.05) is 5.32 Å². The van der Waals surface area contributed by atoms with Gasteiger partial charge in [0, 0.05) is 16.8 Å². The number of nitrogens with one attached hydrogen (secondary N) is 1. The van der Waals surface area contributed by atoms with E-state index in [1.54, 1.807) is 34.9 Å². The predicted molar refractivity (Wildman–Crippen MR) is 110 cm³/mol. The summed E-state index contributed by atoms with van der Waals surface area (Å²) >= 11 is 7.19. The number of hydrogen-bond acceptors (Lipinski definition) is 4. The van der Waals surface area contributed by atoms with E-state index < -0.39 is 5.25 Å². The van der Waals surface area contributed by atoms with Gasteiger partial charge in [-0.15, -0.1) is 0 Å². The van der Waals surface area contributed by atoms with Crippen LogP contribution in [0.25, 0.3) is 10.9 Å². The van der Waals surface area contributed by atoms with Crippen molar-refractivity contribution >= 4 is 45.9 Å². The summed E-state index contributed by atoms with van der Waals surface area (Å²) in [6, 6.07) is 14.5. The molecule has 0 spiro atoms. The normalized spacial score (nSPS) is 14.9. The Morgan fingerprint density at radius 3 is 2.63 bits per heavy atom. The fourth-order valence-corrected chi connectivity index (χ4v) is 3.96. The molecule has 0 saturated heterocycles. The highest BCUT2D eigenvalue weighted by Crippen LogP contribution is 2.37. The van der Waals surface area contributed by atoms with Crippen LogP contribution >= 0.6 is 23.4 Å². The number of halogens is 1. The Labute approximate surface area is 165 Å². The molecule has 0 bridgehead atoms. The molecule has 5 nitrogen and oxygen atoms in total. The van der Waals surface area contributed by atoms with Gasteiger partial charge < -0.3 is 5.32 Å². The summed E-state index contributed by atoms with van der Waals surface area (Å²) in [5.74, 6) is -0.146. The number of thioether (sulfide) groups is 1. The number of carbonyl (C=O) groups excluding carboxylic acids is 1. The van der Waals surface area contributed by atoms with Gasteiger partial charge in [0.15, 0.2) is 5.16 Å². The van der Waals surface area contributed by atoms with E-state index in [1.807, 2.05) is 25.1 Å². The van der Waals surface area contributed by atoms with Gasteiger partial charge in [-0.25, -0.2) is 4.98 Å². The average molecular weight is 400 g/mol. The highest BCUT2D eigenvalue weighted by molar-refractivity contribution is 8.00. The van der Waals surface area contributed by atoms with E-state index in [9.17, 15) is 9.59 Å². The largest absolute Gasteiger partial charge is 0.325 e. The topological polar surface area (TPSA) is 64.0 Å². The first kappa shape index (κ1) is 18.1. The molecule has 7 heteroatoms. The lowest BCUT2D eigenvalue weighted by atomic mass is 10.2. The van der Waals surface area contributed by atoms with Crippen molar-refractivity contribution in [2.45, 2.75) is 36.2 Å². The van der Waals surface area contributed by atoms with Crippen LogP contribution < -0.4 is 10.9 Å². The van der Waals surface area contributed by atoms with Gasteiger partial charge in [0.2, 0.25) is 5.91 Å². The quantitative estimate of drug-likeness (QED) is 0.506. The van der Waals surface area contributed by atoms with Crippen LogP contribution in [0.15, 0.2) is 58.5 Å². The Morgan fingerprint density at radius 2 is 1.93 bits per heavy atom. The molecular weight excluding hydrogens is 382 g/mol. The molecule has 0 radical (unpaired) electrons. The van der Waals surface area contributed by atoms with Crippen LogP contribution in [0.1, 0.15) is 25.8 Å². The van der Waals surface area contributed by atoms with Gasteiger partial charge in [-0.1, -0.05) is 35.5 Å². The molecular formula is C20H18ClN3O2S. The minimum atomic E-state index is -0.404. The molecule has 1 unspecified atom stereocenters. The van der Waals surface area contributed by atoms with E-state index in [4.69, 9.17) is 11.6 Å². The smallest absolute Gasteiger partial charge is 0.262 e. The molecule has 3 aromatic rings. The van der Waals surface area contributed by atoms with Crippen molar-refractivity contribution < 1.29 is 4.79 Å². The molecule has 1 saturated carbocycles. The van der Waals surface area contributed by atoms with E-state index in [2.05, 4.69) is 10.3 Å². The summed E-state index contributed by atoms with van der Waals surface area (Å²) in [5.41, 5.74) is 1.31. The number of aromatic nitrogens is 2. The molecule has 2 aromatic carbocycles. The number of rotatable bonds is 5. The third-order valence-electron chi connectivity index (χ3n) is 4.45. The van der Waals surface area contributed by atoms with E-state index >= 15 is 0 Å². The predicted octanol–water partition coefficient (Wildman–Crippen LogP) is 4.50. The number of nitrogens with zero attached hydrogens (tertiary/aromatic N) is 2. The van der Waals surface area contributed by atoms with E-state index in [0.717, 1.165) is 12.8 Å². The van der Waals surface area contributed by atoms with Gasteiger partial charge in [-0.3, -0.25) is 14.2 Å². The van der Waals surface area contributed by atoms with Crippen LogP contribution in [0.4, 0.5) is 5.69 Å². The lowest BCUT2D eigenvalue weighted by Gasteiger charge is -2.16. The lowest BCUT2D eigenvalue weighted by molar-refractivity contribution is -0.115. The molecule has 0 aliphatic heterocycles. The first-order valence-electron chi connectivity index (χ1n) is 8.77. The van der Waals surface area contributed by atoms with E-state index in [1.165, 1.54) is 11.8 Å². The van der Waals surface area contributed by atoms with Gasteiger partial charge in [0.05, 0.1) is 16.2 Å². The molecule has 1 amide bonds. The van der Waals surface area contributed by atoms with Crippen molar-refractivity contribution in [1.29, 1.82) is 0 Å². The second kappa shape index (κ2) is 7.37. The van der Waals surface area contributed by atoms with Gasteiger partial charge >= 0.3 is 0 Å². The Balaban J connectivity index is 1.60. The molecule has 1 heterocycles. The summed E-state index contributed by atoms with van der Waals surface area (Å²) in [7, 11) is 0. The lowest BCUT2D eigenvalue weighted by Crippen LogP contribution is -2.26. The average Bonchev–Trinajstić information content (AvgIpc) is 3.48. The summed E-state index contributed by atoms with van der Waals surface area (Å²) in [4.78, 5) is 30.1. The standard InChI is InChI=1S/C20H18ClN3O2S/c1-12(18(25)22-14-8-6-13(21)7-9-14)27-20-23-17-5-3-2-4-16(17)19(26)24(20)15-10-11-15/h2-9,12,15H,10-11H2,1H3,(H,22,25). The van der Waals surface area contributed by atoms with Crippen LogP contribution in [0, 0.1) is 0 Å². The number of hydrogen-bond donors (Lipinski definition) is 1. The van der Waals surface area contributed by atoms with Crippen LogP contribution in [0.2, 0.25) is 5.02 Å². The highest BCUT2D eigenvalue weighted by atomic mass is 35.5.